The van der Waals surface area contributed by atoms with Crippen molar-refractivity contribution in [1.82, 2.24) is 9.80 Å². The summed E-state index contributed by atoms with van der Waals surface area (Å²) in [6.45, 7) is 3.09. The number of aliphatic hydroxyl groups is 1. The van der Waals surface area contributed by atoms with E-state index in [0.29, 0.717) is 48.7 Å². The van der Waals surface area contributed by atoms with Gasteiger partial charge in [0.05, 0.1) is 17.1 Å². The molecule has 0 radical (unpaired) electrons. The lowest BCUT2D eigenvalue weighted by Crippen LogP contribution is -2.78. The molecule has 8 nitrogen and oxygen atoms in total. The number of carbonyl (C=O) groups excluding carboxylic acids is 2. The van der Waals surface area contributed by atoms with Gasteiger partial charge in [-0.15, -0.1) is 13.2 Å². The molecule has 5 atom stereocenters. The van der Waals surface area contributed by atoms with Crippen LogP contribution in [0, 0.1) is 5.92 Å². The van der Waals surface area contributed by atoms with E-state index in [-0.39, 0.29) is 17.7 Å². The molecule has 1 spiro atoms. The molecule has 2 aromatic carbocycles. The van der Waals surface area contributed by atoms with Gasteiger partial charge in [-0.2, -0.15) is 0 Å². The largest absolute Gasteiger partial charge is 0.573 e. The molecule has 1 amide bonds. The molecular weight excluding hydrogens is 577 g/mol. The highest BCUT2D eigenvalue weighted by atomic mass is 19.4. The fourth-order valence-corrected chi connectivity index (χ4v) is 8.34. The van der Waals surface area contributed by atoms with Gasteiger partial charge in [-0.1, -0.05) is 18.2 Å². The molecule has 2 aliphatic heterocycles. The number of halogens is 3. The molecule has 2 heterocycles. The second-order valence-electron chi connectivity index (χ2n) is 12.9. The van der Waals surface area contributed by atoms with Gasteiger partial charge in [0.15, 0.2) is 11.5 Å². The lowest BCUT2D eigenvalue weighted by molar-refractivity contribution is -0.274. The first kappa shape index (κ1) is 29.2. The minimum absolute atomic E-state index is 0.0889. The zero-order chi connectivity index (χ0) is 31.0. The van der Waals surface area contributed by atoms with Crippen LogP contribution in [0.5, 0.6) is 17.2 Å². The Bertz CT molecular complexity index is 1540. The van der Waals surface area contributed by atoms with Crippen LogP contribution in [0.15, 0.2) is 42.5 Å². The van der Waals surface area contributed by atoms with Crippen LogP contribution in [0.1, 0.15) is 55.7 Å². The van der Waals surface area contributed by atoms with Crippen molar-refractivity contribution in [2.75, 3.05) is 20.1 Å². The fourth-order valence-electron chi connectivity index (χ4n) is 8.34. The van der Waals surface area contributed by atoms with Crippen LogP contribution in [0.3, 0.4) is 0 Å². The van der Waals surface area contributed by atoms with E-state index in [4.69, 9.17) is 9.47 Å². The van der Waals surface area contributed by atoms with Crippen molar-refractivity contribution in [2.24, 2.45) is 5.92 Å². The Kier molecular flexibility index (Phi) is 6.78. The monoisotopic (exact) mass is 612 g/mol. The molecule has 0 unspecified atom stereocenters. The molecule has 44 heavy (non-hydrogen) atoms. The van der Waals surface area contributed by atoms with Crippen molar-refractivity contribution < 1.29 is 42.1 Å². The number of carbonyl (C=O) groups is 2. The third kappa shape index (κ3) is 4.67. The molecular formula is C33H35F3N2O6. The summed E-state index contributed by atoms with van der Waals surface area (Å²) in [4.78, 5) is 29.6. The number of nitrogens with zero attached hydrogens (tertiary/aromatic N) is 2. The lowest BCUT2D eigenvalue weighted by Gasteiger charge is -2.64. The molecule has 0 aromatic heterocycles. The van der Waals surface area contributed by atoms with E-state index in [1.54, 1.807) is 24.1 Å². The van der Waals surface area contributed by atoms with Gasteiger partial charge in [-0.05, 0) is 86.4 Å². The first-order valence-electron chi connectivity index (χ1n) is 15.2. The number of benzene rings is 2. The SMILES string of the molecule is CC(=O)Oc1ccc2c3c1O[C@H]1[C@@H](N(C)C(=O)C=Cc4cccc(OC(F)(F)F)c4)CC[C@@]4(O)[C@@H](C2)N(CC2CC2)CC[C@]314. The van der Waals surface area contributed by atoms with Crippen molar-refractivity contribution in [1.29, 1.82) is 0 Å². The Morgan fingerprint density at radius 1 is 1.18 bits per heavy atom. The van der Waals surface area contributed by atoms with Crippen LogP contribution in [0.2, 0.25) is 0 Å². The molecule has 5 aliphatic rings. The molecule has 11 heteroatoms. The molecule has 2 aromatic rings. The Morgan fingerprint density at radius 2 is 1.98 bits per heavy atom. The minimum atomic E-state index is -4.82. The number of alkyl halides is 3. The van der Waals surface area contributed by atoms with Crippen molar-refractivity contribution >= 4 is 18.0 Å². The molecule has 2 bridgehead atoms. The van der Waals surface area contributed by atoms with Crippen LogP contribution in [0.25, 0.3) is 6.08 Å². The van der Waals surface area contributed by atoms with Gasteiger partial charge < -0.3 is 24.2 Å². The average Bonchev–Trinajstić information content (AvgIpc) is 3.70. The first-order chi connectivity index (χ1) is 20.9. The number of esters is 1. The predicted octanol–water partition coefficient (Wildman–Crippen LogP) is 4.62. The minimum Gasteiger partial charge on any atom is -0.483 e. The van der Waals surface area contributed by atoms with Gasteiger partial charge in [0, 0.05) is 38.2 Å². The normalized spacial score (nSPS) is 30.5. The number of rotatable bonds is 7. The first-order valence-corrected chi connectivity index (χ1v) is 15.2. The van der Waals surface area contributed by atoms with Crippen LogP contribution in [0.4, 0.5) is 13.2 Å². The quantitative estimate of drug-likeness (QED) is 0.278. The average molecular weight is 613 g/mol. The summed E-state index contributed by atoms with van der Waals surface area (Å²) in [6.07, 6.45) is 2.08. The fraction of sp³-hybridized carbons (Fsp3) is 0.515. The van der Waals surface area contributed by atoms with Gasteiger partial charge in [0.1, 0.15) is 11.9 Å². The molecule has 234 valence electrons. The third-order valence-corrected chi connectivity index (χ3v) is 10.3. The van der Waals surface area contributed by atoms with E-state index in [2.05, 4.69) is 9.64 Å². The molecule has 1 saturated heterocycles. The maximum absolute atomic E-state index is 13.5. The van der Waals surface area contributed by atoms with Crippen LogP contribution < -0.4 is 14.2 Å². The van der Waals surface area contributed by atoms with Crippen molar-refractivity contribution in [3.8, 4) is 17.2 Å². The topological polar surface area (TPSA) is 88.5 Å². The summed E-state index contributed by atoms with van der Waals surface area (Å²) in [6, 6.07) is 8.66. The van der Waals surface area contributed by atoms with Crippen molar-refractivity contribution in [2.45, 2.75) is 81.0 Å². The number of likely N-dealkylation sites (tertiary alicyclic amines) is 1. The Labute approximate surface area is 253 Å². The number of likely N-dealkylation sites (N-methyl/N-ethyl adjacent to an activating group) is 1. The van der Waals surface area contributed by atoms with Gasteiger partial charge in [-0.25, -0.2) is 0 Å². The van der Waals surface area contributed by atoms with E-state index >= 15 is 0 Å². The maximum Gasteiger partial charge on any atom is 0.573 e. The summed E-state index contributed by atoms with van der Waals surface area (Å²) in [7, 11) is 1.68. The van der Waals surface area contributed by atoms with Crippen LogP contribution in [-0.2, 0) is 21.4 Å². The smallest absolute Gasteiger partial charge is 0.483 e. The highest BCUT2D eigenvalue weighted by molar-refractivity contribution is 5.92. The molecule has 1 N–H and O–H groups in total. The van der Waals surface area contributed by atoms with E-state index in [1.165, 1.54) is 50.1 Å². The Morgan fingerprint density at radius 3 is 2.70 bits per heavy atom. The summed E-state index contributed by atoms with van der Waals surface area (Å²) in [5.74, 6) is 0.257. The highest BCUT2D eigenvalue weighted by Crippen LogP contribution is 2.66. The highest BCUT2D eigenvalue weighted by Gasteiger charge is 2.73. The van der Waals surface area contributed by atoms with Crippen molar-refractivity contribution in [3.63, 3.8) is 0 Å². The third-order valence-electron chi connectivity index (χ3n) is 10.3. The zero-order valence-electron chi connectivity index (χ0n) is 24.6. The number of amides is 1. The maximum atomic E-state index is 13.5. The summed E-state index contributed by atoms with van der Waals surface area (Å²) >= 11 is 0. The standard InChI is InChI=1S/C33H35F3N2O6/c1-19(39)42-25-10-9-22-17-26-32(41)13-12-24(30-31(32,28(22)29(25)43-30)14-15-38(26)18-21-6-7-21)37(2)27(40)11-8-20-4-3-5-23(16-20)44-33(34,35)36/h3-5,8-11,16,21,24,26,30,41H,6-7,12-15,17-18H2,1-2H3/t24-,26+,30-,31-,32+/m0/s1. The predicted molar refractivity (Wildman–Crippen MR) is 153 cm³/mol. The van der Waals surface area contributed by atoms with Crippen LogP contribution in [-0.4, -0.2) is 77.1 Å². The molecule has 3 aliphatic carbocycles. The second kappa shape index (κ2) is 10.2. The Balaban J connectivity index is 1.21. The summed E-state index contributed by atoms with van der Waals surface area (Å²) in [5, 5.41) is 12.7. The van der Waals surface area contributed by atoms with Crippen molar-refractivity contribution in [3.05, 3.63) is 59.2 Å². The zero-order valence-corrected chi connectivity index (χ0v) is 24.6. The Hall–Kier alpha value is -3.57. The van der Waals surface area contributed by atoms with Gasteiger partial charge in [0.2, 0.25) is 5.91 Å². The number of piperidine rings is 1. The van der Waals surface area contributed by atoms with E-state index < -0.39 is 35.5 Å². The van der Waals surface area contributed by atoms with Crippen LogP contribution >= 0.6 is 0 Å². The van der Waals surface area contributed by atoms with E-state index in [9.17, 15) is 27.9 Å². The van der Waals surface area contributed by atoms with E-state index in [0.717, 1.165) is 24.2 Å². The summed E-state index contributed by atoms with van der Waals surface area (Å²) < 4.78 is 54.3. The lowest BCUT2D eigenvalue weighted by atomic mass is 9.48. The molecule has 2 saturated carbocycles. The number of ether oxygens (including phenoxy) is 3. The molecule has 7 rings (SSSR count). The number of hydrogen-bond donors (Lipinski definition) is 1. The van der Waals surface area contributed by atoms with E-state index in [1.807, 2.05) is 6.07 Å². The second-order valence-corrected chi connectivity index (χ2v) is 12.9. The summed E-state index contributed by atoms with van der Waals surface area (Å²) in [5.41, 5.74) is 0.468. The van der Waals surface area contributed by atoms with Gasteiger partial charge in [0.25, 0.3) is 0 Å². The van der Waals surface area contributed by atoms with Gasteiger partial charge >= 0.3 is 12.3 Å². The molecule has 3 fully saturated rings. The van der Waals surface area contributed by atoms with Gasteiger partial charge in [-0.3, -0.25) is 14.5 Å². The number of hydrogen-bond acceptors (Lipinski definition) is 7.